The van der Waals surface area contributed by atoms with Crippen molar-refractivity contribution in [2.24, 2.45) is 17.8 Å². The summed E-state index contributed by atoms with van der Waals surface area (Å²) in [7, 11) is 0. The van der Waals surface area contributed by atoms with Crippen molar-refractivity contribution in [2.75, 3.05) is 5.32 Å². The Balaban J connectivity index is 1.67. The Morgan fingerprint density at radius 1 is 0.960 bits per heavy atom. The fourth-order valence-electron chi connectivity index (χ4n) is 3.82. The maximum atomic E-state index is 12.7. The monoisotopic (exact) mass is 340 g/mol. The van der Waals surface area contributed by atoms with Gasteiger partial charge in [0.05, 0.1) is 4.92 Å². The molecule has 1 amide bonds. The van der Waals surface area contributed by atoms with Crippen molar-refractivity contribution in [1.82, 2.24) is 0 Å². The molecule has 0 radical (unpaired) electrons. The van der Waals surface area contributed by atoms with Gasteiger partial charge in [0.25, 0.3) is 5.69 Å². The maximum absolute atomic E-state index is 12.7. The number of hydrogen-bond donors (Lipinski definition) is 1. The van der Waals surface area contributed by atoms with E-state index in [-0.39, 0.29) is 17.5 Å². The van der Waals surface area contributed by atoms with E-state index in [1.807, 2.05) is 0 Å². The largest absolute Gasteiger partial charge is 0.320 e. The molecule has 1 aromatic rings. The van der Waals surface area contributed by atoms with Crippen molar-refractivity contribution in [3.63, 3.8) is 0 Å². The minimum absolute atomic E-state index is 0.0256. The molecule has 1 unspecified atom stereocenters. The molecular weight excluding hydrogens is 316 g/mol. The molecule has 2 aliphatic rings. The first-order valence-corrected chi connectivity index (χ1v) is 9.03. The number of rotatable bonds is 3. The molecule has 3 rings (SSSR count). The SMILES string of the molecule is O=C(Nc1ccccc1[N+](=O)[O-])C1[C@@H]2CC/C=C\CC/C=C/CC[C@@H]12. The van der Waals surface area contributed by atoms with Crippen LogP contribution in [0.5, 0.6) is 0 Å². The zero-order chi connectivity index (χ0) is 17.6. The molecule has 0 spiro atoms. The summed E-state index contributed by atoms with van der Waals surface area (Å²) in [6.07, 6.45) is 15.0. The summed E-state index contributed by atoms with van der Waals surface area (Å²) < 4.78 is 0. The summed E-state index contributed by atoms with van der Waals surface area (Å²) in [6.45, 7) is 0. The van der Waals surface area contributed by atoms with E-state index < -0.39 is 4.92 Å². The second kappa shape index (κ2) is 8.10. The lowest BCUT2D eigenvalue weighted by molar-refractivity contribution is -0.383. The van der Waals surface area contributed by atoms with Crippen LogP contribution in [0, 0.1) is 27.9 Å². The fourth-order valence-corrected chi connectivity index (χ4v) is 3.82. The molecule has 25 heavy (non-hydrogen) atoms. The summed E-state index contributed by atoms with van der Waals surface area (Å²) in [5.41, 5.74) is 0.237. The number of nitrogens with one attached hydrogen (secondary N) is 1. The Hall–Kier alpha value is -2.43. The van der Waals surface area contributed by atoms with Crippen LogP contribution >= 0.6 is 0 Å². The first-order chi connectivity index (χ1) is 12.2. The molecule has 0 saturated heterocycles. The molecule has 0 aromatic heterocycles. The van der Waals surface area contributed by atoms with Crippen LogP contribution in [0.1, 0.15) is 38.5 Å². The predicted octanol–water partition coefficient (Wildman–Crippen LogP) is 4.86. The summed E-state index contributed by atoms with van der Waals surface area (Å²) in [5, 5.41) is 13.9. The summed E-state index contributed by atoms with van der Waals surface area (Å²) in [6, 6.07) is 6.32. The first kappa shape index (κ1) is 17.4. The zero-order valence-corrected chi connectivity index (χ0v) is 14.3. The lowest BCUT2D eigenvalue weighted by Crippen LogP contribution is -2.16. The highest BCUT2D eigenvalue weighted by Gasteiger charge is 2.53. The number of benzene rings is 1. The van der Waals surface area contributed by atoms with E-state index in [4.69, 9.17) is 0 Å². The fraction of sp³-hybridized carbons (Fsp3) is 0.450. The van der Waals surface area contributed by atoms with Crippen LogP contribution in [0.4, 0.5) is 11.4 Å². The lowest BCUT2D eigenvalue weighted by Gasteiger charge is -2.05. The molecule has 1 N–H and O–H groups in total. The van der Waals surface area contributed by atoms with E-state index in [0.29, 0.717) is 17.5 Å². The topological polar surface area (TPSA) is 72.2 Å². The molecule has 1 saturated carbocycles. The van der Waals surface area contributed by atoms with Gasteiger partial charge in [-0.3, -0.25) is 14.9 Å². The second-order valence-corrected chi connectivity index (χ2v) is 6.79. The van der Waals surface area contributed by atoms with E-state index >= 15 is 0 Å². The number of para-hydroxylation sites is 2. The van der Waals surface area contributed by atoms with Crippen LogP contribution in [0.2, 0.25) is 0 Å². The third-order valence-corrected chi connectivity index (χ3v) is 5.16. The Labute approximate surface area is 148 Å². The Kier molecular flexibility index (Phi) is 5.64. The maximum Gasteiger partial charge on any atom is 0.292 e. The molecule has 0 aliphatic heterocycles. The Bertz CT molecular complexity index is 672. The number of nitrogens with zero attached hydrogens (tertiary/aromatic N) is 1. The van der Waals surface area contributed by atoms with Crippen molar-refractivity contribution in [2.45, 2.75) is 38.5 Å². The van der Waals surface area contributed by atoms with Crippen LogP contribution in [0.3, 0.4) is 0 Å². The van der Waals surface area contributed by atoms with Crippen LogP contribution < -0.4 is 5.32 Å². The van der Waals surface area contributed by atoms with Crippen LogP contribution in [0.25, 0.3) is 0 Å². The van der Waals surface area contributed by atoms with Gasteiger partial charge in [0.15, 0.2) is 0 Å². The quantitative estimate of drug-likeness (QED) is 0.485. The van der Waals surface area contributed by atoms with Gasteiger partial charge in [0.1, 0.15) is 5.69 Å². The molecule has 5 heteroatoms. The number of allylic oxidation sites excluding steroid dienone is 4. The van der Waals surface area contributed by atoms with Gasteiger partial charge in [-0.15, -0.1) is 0 Å². The molecular formula is C20H24N2O3. The highest BCUT2D eigenvalue weighted by atomic mass is 16.6. The lowest BCUT2D eigenvalue weighted by atomic mass is 10.1. The summed E-state index contributed by atoms with van der Waals surface area (Å²) in [4.78, 5) is 23.3. The standard InChI is InChI=1S/C20H24N2O3/c23-20(21-17-13-9-10-14-18(17)22(24)25)19-15-11-7-5-3-1-2-4-6-8-12-16(15)19/h3-6,9-10,13-16,19H,1-2,7-8,11-12H2,(H,21,23)/b5-3-,6-4+/t15-,16-,19?/m1/s1. The molecule has 2 aliphatic carbocycles. The van der Waals surface area contributed by atoms with Crippen molar-refractivity contribution in [1.29, 1.82) is 0 Å². The highest BCUT2D eigenvalue weighted by Crippen LogP contribution is 2.52. The number of amides is 1. The van der Waals surface area contributed by atoms with Gasteiger partial charge in [-0.2, -0.15) is 0 Å². The van der Waals surface area contributed by atoms with Crippen LogP contribution in [-0.4, -0.2) is 10.8 Å². The second-order valence-electron chi connectivity index (χ2n) is 6.79. The van der Waals surface area contributed by atoms with Crippen molar-refractivity contribution < 1.29 is 9.72 Å². The van der Waals surface area contributed by atoms with E-state index in [1.165, 1.54) is 6.07 Å². The highest BCUT2D eigenvalue weighted by molar-refractivity contribution is 5.96. The average molecular weight is 340 g/mol. The molecule has 5 nitrogen and oxygen atoms in total. The number of nitro groups is 1. The third kappa shape index (κ3) is 4.35. The number of carbonyl (C=O) groups excluding carboxylic acids is 1. The normalized spacial score (nSPS) is 28.6. The third-order valence-electron chi connectivity index (χ3n) is 5.16. The summed E-state index contributed by atoms with van der Waals surface area (Å²) >= 11 is 0. The van der Waals surface area contributed by atoms with Gasteiger partial charge in [-0.25, -0.2) is 0 Å². The predicted molar refractivity (Wildman–Crippen MR) is 98.2 cm³/mol. The zero-order valence-electron chi connectivity index (χ0n) is 14.3. The van der Waals surface area contributed by atoms with Gasteiger partial charge >= 0.3 is 0 Å². The van der Waals surface area contributed by atoms with E-state index in [0.717, 1.165) is 38.5 Å². The van der Waals surface area contributed by atoms with Gasteiger partial charge < -0.3 is 5.32 Å². The van der Waals surface area contributed by atoms with Gasteiger partial charge in [0.2, 0.25) is 5.91 Å². The molecule has 3 atom stereocenters. The molecule has 132 valence electrons. The smallest absolute Gasteiger partial charge is 0.292 e. The number of anilines is 1. The molecule has 0 bridgehead atoms. The average Bonchev–Trinajstić information content (AvgIpc) is 3.27. The number of nitro benzene ring substituents is 1. The first-order valence-electron chi connectivity index (χ1n) is 9.03. The van der Waals surface area contributed by atoms with Crippen molar-refractivity contribution in [3.05, 3.63) is 58.7 Å². The van der Waals surface area contributed by atoms with Gasteiger partial charge in [-0.05, 0) is 56.4 Å². The van der Waals surface area contributed by atoms with Crippen molar-refractivity contribution in [3.8, 4) is 0 Å². The number of carbonyl (C=O) groups is 1. The van der Waals surface area contributed by atoms with E-state index in [2.05, 4.69) is 29.6 Å². The van der Waals surface area contributed by atoms with Crippen LogP contribution in [-0.2, 0) is 4.79 Å². The molecule has 1 aromatic carbocycles. The summed E-state index contributed by atoms with van der Waals surface area (Å²) in [5.74, 6) is 0.676. The molecule has 0 heterocycles. The minimum Gasteiger partial charge on any atom is -0.320 e. The van der Waals surface area contributed by atoms with Crippen LogP contribution in [0.15, 0.2) is 48.6 Å². The Morgan fingerprint density at radius 3 is 2.12 bits per heavy atom. The van der Waals surface area contributed by atoms with Gasteiger partial charge in [-0.1, -0.05) is 36.4 Å². The molecule has 1 fully saturated rings. The minimum atomic E-state index is -0.456. The number of fused-ring (bicyclic) bond motifs is 1. The number of hydrogen-bond acceptors (Lipinski definition) is 3. The Morgan fingerprint density at radius 2 is 1.52 bits per heavy atom. The van der Waals surface area contributed by atoms with E-state index in [1.54, 1.807) is 18.2 Å². The van der Waals surface area contributed by atoms with E-state index in [9.17, 15) is 14.9 Å². The van der Waals surface area contributed by atoms with Crippen molar-refractivity contribution >= 4 is 17.3 Å². The van der Waals surface area contributed by atoms with Gasteiger partial charge in [0, 0.05) is 12.0 Å².